The summed E-state index contributed by atoms with van der Waals surface area (Å²) in [6, 6.07) is 1.89. The first-order valence-electron chi connectivity index (χ1n) is 9.19. The van der Waals surface area contributed by atoms with Crippen LogP contribution < -0.4 is 10.6 Å². The molecule has 26 heavy (non-hydrogen) atoms. The molecular formula is C19H24ClN5O. The second kappa shape index (κ2) is 6.58. The highest BCUT2D eigenvalue weighted by atomic mass is 35.5. The average Bonchev–Trinajstić information content (AvgIpc) is 3.25. The van der Waals surface area contributed by atoms with Gasteiger partial charge in [0.25, 0.3) is 0 Å². The number of urea groups is 1. The van der Waals surface area contributed by atoms with Crippen LogP contribution in [0.5, 0.6) is 0 Å². The van der Waals surface area contributed by atoms with Gasteiger partial charge in [0.05, 0.1) is 11.2 Å². The Labute approximate surface area is 158 Å². The first-order valence-corrected chi connectivity index (χ1v) is 9.57. The fourth-order valence-electron chi connectivity index (χ4n) is 3.99. The number of rotatable bonds is 3. The molecule has 2 aliphatic rings. The molecule has 0 saturated heterocycles. The number of amides is 2. The SMILES string of the molecule is CC1(C)Cc2c(-c3cc(NC(=O)NC4CCCC4)ncc3Cl)cnn2C1. The Kier molecular flexibility index (Phi) is 4.39. The van der Waals surface area contributed by atoms with Gasteiger partial charge in [-0.1, -0.05) is 38.3 Å². The number of hydrogen-bond acceptors (Lipinski definition) is 3. The van der Waals surface area contributed by atoms with Gasteiger partial charge in [0.2, 0.25) is 0 Å². The molecule has 138 valence electrons. The number of pyridine rings is 1. The van der Waals surface area contributed by atoms with Crippen LogP contribution in [0.3, 0.4) is 0 Å². The molecule has 0 bridgehead atoms. The van der Waals surface area contributed by atoms with Crippen molar-refractivity contribution >= 4 is 23.4 Å². The molecule has 2 N–H and O–H groups in total. The van der Waals surface area contributed by atoms with Gasteiger partial charge in [-0.05, 0) is 30.7 Å². The number of anilines is 1. The highest BCUT2D eigenvalue weighted by Crippen LogP contribution is 2.39. The zero-order valence-corrected chi connectivity index (χ0v) is 15.9. The number of nitrogens with zero attached hydrogens (tertiary/aromatic N) is 3. The molecule has 4 rings (SSSR count). The molecule has 2 aromatic heterocycles. The molecule has 1 aliphatic carbocycles. The molecule has 0 spiro atoms. The summed E-state index contributed by atoms with van der Waals surface area (Å²) >= 11 is 6.41. The third-order valence-corrected chi connectivity index (χ3v) is 5.55. The number of nitrogens with one attached hydrogen (secondary N) is 2. The zero-order valence-electron chi connectivity index (χ0n) is 15.2. The fraction of sp³-hybridized carbons (Fsp3) is 0.526. The first kappa shape index (κ1) is 17.3. The highest BCUT2D eigenvalue weighted by Gasteiger charge is 2.32. The van der Waals surface area contributed by atoms with E-state index in [-0.39, 0.29) is 17.5 Å². The topological polar surface area (TPSA) is 71.8 Å². The molecule has 2 amide bonds. The Balaban J connectivity index is 1.55. The van der Waals surface area contributed by atoms with Gasteiger partial charge in [0.1, 0.15) is 5.82 Å². The molecule has 1 saturated carbocycles. The monoisotopic (exact) mass is 373 g/mol. The molecule has 2 aromatic rings. The van der Waals surface area contributed by atoms with Crippen LogP contribution in [-0.4, -0.2) is 26.8 Å². The van der Waals surface area contributed by atoms with Crippen molar-refractivity contribution in [2.24, 2.45) is 5.41 Å². The first-order chi connectivity index (χ1) is 12.4. The maximum Gasteiger partial charge on any atom is 0.320 e. The Bertz CT molecular complexity index is 838. The molecule has 7 heteroatoms. The Morgan fingerprint density at radius 1 is 1.27 bits per heavy atom. The van der Waals surface area contributed by atoms with Crippen molar-refractivity contribution in [3.05, 3.63) is 29.2 Å². The average molecular weight is 374 g/mol. The minimum absolute atomic E-state index is 0.195. The maximum atomic E-state index is 12.2. The van der Waals surface area contributed by atoms with E-state index >= 15 is 0 Å². The van der Waals surface area contributed by atoms with Crippen molar-refractivity contribution in [3.8, 4) is 11.1 Å². The predicted molar refractivity (Wildman–Crippen MR) is 102 cm³/mol. The summed E-state index contributed by atoms with van der Waals surface area (Å²) in [6.45, 7) is 5.37. The molecule has 0 unspecified atom stereocenters. The van der Waals surface area contributed by atoms with Crippen molar-refractivity contribution in [2.75, 3.05) is 5.32 Å². The van der Waals surface area contributed by atoms with Crippen LogP contribution in [0.25, 0.3) is 11.1 Å². The molecule has 0 atom stereocenters. The molecular weight excluding hydrogens is 350 g/mol. The molecule has 0 aromatic carbocycles. The molecule has 1 fully saturated rings. The molecule has 6 nitrogen and oxygen atoms in total. The van der Waals surface area contributed by atoms with Crippen molar-refractivity contribution < 1.29 is 4.79 Å². The van der Waals surface area contributed by atoms with Crippen molar-refractivity contribution in [1.82, 2.24) is 20.1 Å². The van der Waals surface area contributed by atoms with E-state index < -0.39 is 0 Å². The lowest BCUT2D eigenvalue weighted by atomic mass is 9.89. The lowest BCUT2D eigenvalue weighted by Gasteiger charge is -2.15. The van der Waals surface area contributed by atoms with E-state index in [9.17, 15) is 4.79 Å². The second-order valence-corrected chi connectivity index (χ2v) is 8.54. The van der Waals surface area contributed by atoms with Crippen LogP contribution in [-0.2, 0) is 13.0 Å². The summed E-state index contributed by atoms with van der Waals surface area (Å²) in [5.41, 5.74) is 3.25. The third kappa shape index (κ3) is 3.43. The maximum absolute atomic E-state index is 12.2. The van der Waals surface area contributed by atoms with Gasteiger partial charge in [-0.25, -0.2) is 9.78 Å². The van der Waals surface area contributed by atoms with Crippen LogP contribution in [0, 0.1) is 5.41 Å². The number of halogens is 1. The van der Waals surface area contributed by atoms with E-state index in [4.69, 9.17) is 11.6 Å². The summed E-state index contributed by atoms with van der Waals surface area (Å²) in [5.74, 6) is 0.497. The molecule has 3 heterocycles. The lowest BCUT2D eigenvalue weighted by molar-refractivity contribution is 0.248. The van der Waals surface area contributed by atoms with Crippen molar-refractivity contribution in [1.29, 1.82) is 0 Å². The van der Waals surface area contributed by atoms with Gasteiger partial charge in [0, 0.05) is 35.6 Å². The minimum Gasteiger partial charge on any atom is -0.335 e. The van der Waals surface area contributed by atoms with Gasteiger partial charge in [-0.3, -0.25) is 10.00 Å². The number of carbonyl (C=O) groups excluding carboxylic acids is 1. The van der Waals surface area contributed by atoms with E-state index in [2.05, 4.69) is 34.6 Å². The standard InChI is InChI=1S/C19H24ClN5O/c1-19(2)8-16-14(9-22-25(16)11-19)13-7-17(21-10-15(13)20)24-18(26)23-12-5-3-4-6-12/h7,9-10,12H,3-6,8,11H2,1-2H3,(H2,21,23,24,26). The Hall–Kier alpha value is -2.08. The van der Waals surface area contributed by atoms with Gasteiger partial charge < -0.3 is 5.32 Å². The van der Waals surface area contributed by atoms with E-state index in [1.54, 1.807) is 6.20 Å². The van der Waals surface area contributed by atoms with Crippen LogP contribution >= 0.6 is 11.6 Å². The summed E-state index contributed by atoms with van der Waals surface area (Å²) in [6.07, 6.45) is 8.84. The quantitative estimate of drug-likeness (QED) is 0.844. The summed E-state index contributed by atoms with van der Waals surface area (Å²) in [5, 5.41) is 10.9. The largest absolute Gasteiger partial charge is 0.335 e. The van der Waals surface area contributed by atoms with E-state index in [0.29, 0.717) is 10.8 Å². The lowest BCUT2D eigenvalue weighted by Crippen LogP contribution is -2.36. The minimum atomic E-state index is -0.209. The van der Waals surface area contributed by atoms with Gasteiger partial charge in [0.15, 0.2) is 0 Å². The number of hydrogen-bond donors (Lipinski definition) is 2. The summed E-state index contributed by atoms with van der Waals surface area (Å²) in [4.78, 5) is 16.5. The van der Waals surface area contributed by atoms with Crippen molar-refractivity contribution in [2.45, 2.75) is 58.5 Å². The van der Waals surface area contributed by atoms with Gasteiger partial charge >= 0.3 is 6.03 Å². The van der Waals surface area contributed by atoms with Crippen LogP contribution in [0.15, 0.2) is 18.5 Å². The van der Waals surface area contributed by atoms with Crippen LogP contribution in [0.4, 0.5) is 10.6 Å². The number of carbonyl (C=O) groups is 1. The highest BCUT2D eigenvalue weighted by molar-refractivity contribution is 6.33. The normalized spacial score (nSPS) is 18.7. The molecule has 1 aliphatic heterocycles. The Morgan fingerprint density at radius 3 is 2.81 bits per heavy atom. The third-order valence-electron chi connectivity index (χ3n) is 5.25. The fourth-order valence-corrected chi connectivity index (χ4v) is 4.20. The van der Waals surface area contributed by atoms with Gasteiger partial charge in [-0.15, -0.1) is 0 Å². The van der Waals surface area contributed by atoms with Gasteiger partial charge in [-0.2, -0.15) is 5.10 Å². The van der Waals surface area contributed by atoms with Crippen molar-refractivity contribution in [3.63, 3.8) is 0 Å². The van der Waals surface area contributed by atoms with E-state index in [1.165, 1.54) is 18.5 Å². The summed E-state index contributed by atoms with van der Waals surface area (Å²) in [7, 11) is 0. The van der Waals surface area contributed by atoms with E-state index in [1.807, 2.05) is 16.9 Å². The smallest absolute Gasteiger partial charge is 0.320 e. The van der Waals surface area contributed by atoms with Crippen LogP contribution in [0.1, 0.15) is 45.2 Å². The zero-order chi connectivity index (χ0) is 18.3. The summed E-state index contributed by atoms with van der Waals surface area (Å²) < 4.78 is 2.05. The molecule has 0 radical (unpaired) electrons. The van der Waals surface area contributed by atoms with E-state index in [0.717, 1.165) is 36.9 Å². The van der Waals surface area contributed by atoms with Crippen LogP contribution in [0.2, 0.25) is 5.02 Å². The number of aromatic nitrogens is 3. The second-order valence-electron chi connectivity index (χ2n) is 8.13. The number of fused-ring (bicyclic) bond motifs is 1. The predicted octanol–water partition coefficient (Wildman–Crippen LogP) is 4.24. The Morgan fingerprint density at radius 2 is 2.04 bits per heavy atom.